The number of nitrogens with one attached hydrogen (secondary N) is 1. The first-order valence-electron chi connectivity index (χ1n) is 12.3. The van der Waals surface area contributed by atoms with Gasteiger partial charge in [0, 0.05) is 34.5 Å². The number of carbonyl (C=O) groups is 1. The number of morpholine rings is 1. The number of benzene rings is 2. The molecule has 0 bridgehead atoms. The summed E-state index contributed by atoms with van der Waals surface area (Å²) in [7, 11) is 0. The van der Waals surface area contributed by atoms with Crippen molar-refractivity contribution in [2.24, 2.45) is 0 Å². The molecule has 8 heteroatoms. The summed E-state index contributed by atoms with van der Waals surface area (Å²) in [6.07, 6.45) is 0.620. The molecule has 7 nitrogen and oxygen atoms in total. The summed E-state index contributed by atoms with van der Waals surface area (Å²) >= 11 is 3.43. The number of aromatic amines is 1. The van der Waals surface area contributed by atoms with Crippen LogP contribution in [0.25, 0.3) is 22.2 Å². The number of H-pyrrole nitrogens is 1. The summed E-state index contributed by atoms with van der Waals surface area (Å²) in [6, 6.07) is 15.8. The fraction of sp³-hybridized carbons (Fsp3) is 0.321. The molecule has 5 rings (SSSR count). The minimum atomic E-state index is -0.493. The summed E-state index contributed by atoms with van der Waals surface area (Å²) in [5.74, 6) is 0.180. The number of rotatable bonds is 6. The highest BCUT2D eigenvalue weighted by atomic mass is 79.9. The molecule has 1 saturated heterocycles. The molecule has 4 aromatic rings. The lowest BCUT2D eigenvalue weighted by molar-refractivity contribution is 0.0727. The van der Waals surface area contributed by atoms with Crippen molar-refractivity contribution < 1.29 is 14.3 Å². The maximum absolute atomic E-state index is 13.4. The molecule has 36 heavy (non-hydrogen) atoms. The van der Waals surface area contributed by atoms with Crippen molar-refractivity contribution in [3.05, 3.63) is 70.0 Å². The third kappa shape index (κ3) is 4.75. The zero-order valence-electron chi connectivity index (χ0n) is 20.7. The van der Waals surface area contributed by atoms with Crippen LogP contribution in [-0.4, -0.2) is 47.5 Å². The Balaban J connectivity index is 1.63. The largest absolute Gasteiger partial charge is 0.422 e. The molecule has 0 amide bonds. The van der Waals surface area contributed by atoms with E-state index in [2.05, 4.69) is 69.1 Å². The van der Waals surface area contributed by atoms with Crippen molar-refractivity contribution in [1.82, 2.24) is 15.2 Å². The molecule has 0 atom stereocenters. The van der Waals surface area contributed by atoms with Crippen LogP contribution in [-0.2, 0) is 11.2 Å². The Morgan fingerprint density at radius 2 is 1.92 bits per heavy atom. The number of ether oxygens (including phenoxy) is 2. The van der Waals surface area contributed by atoms with Gasteiger partial charge in [-0.15, -0.1) is 0 Å². The van der Waals surface area contributed by atoms with E-state index in [0.717, 1.165) is 64.2 Å². The fourth-order valence-corrected chi connectivity index (χ4v) is 5.09. The topological polar surface area (TPSA) is 80.3 Å². The molecule has 0 unspecified atom stereocenters. The number of nitrogens with zero attached hydrogens (tertiary/aromatic N) is 3. The Morgan fingerprint density at radius 1 is 1.17 bits per heavy atom. The first kappa shape index (κ1) is 24.5. The van der Waals surface area contributed by atoms with Crippen LogP contribution in [0.1, 0.15) is 48.4 Å². The number of esters is 1. The van der Waals surface area contributed by atoms with Crippen LogP contribution in [0.2, 0.25) is 0 Å². The van der Waals surface area contributed by atoms with Gasteiger partial charge in [-0.1, -0.05) is 54.9 Å². The normalized spacial score (nSPS) is 14.0. The van der Waals surface area contributed by atoms with E-state index in [9.17, 15) is 4.79 Å². The van der Waals surface area contributed by atoms with Crippen LogP contribution in [0.4, 0.5) is 5.69 Å². The number of hydrogen-bond acceptors (Lipinski definition) is 6. The number of aromatic nitrogens is 3. The van der Waals surface area contributed by atoms with Gasteiger partial charge in [0.2, 0.25) is 0 Å². The number of pyridine rings is 1. The molecule has 0 aliphatic carbocycles. The predicted octanol–water partition coefficient (Wildman–Crippen LogP) is 6.13. The number of anilines is 1. The number of halogens is 1. The minimum Gasteiger partial charge on any atom is -0.422 e. The highest BCUT2D eigenvalue weighted by Gasteiger charge is 2.26. The fourth-order valence-electron chi connectivity index (χ4n) is 4.71. The third-order valence-corrected chi connectivity index (χ3v) is 6.99. The van der Waals surface area contributed by atoms with Gasteiger partial charge < -0.3 is 14.4 Å². The van der Waals surface area contributed by atoms with Gasteiger partial charge in [0.15, 0.2) is 11.3 Å². The van der Waals surface area contributed by atoms with Crippen molar-refractivity contribution in [2.75, 3.05) is 31.2 Å². The van der Waals surface area contributed by atoms with Crippen molar-refractivity contribution in [3.63, 3.8) is 0 Å². The molecular formula is C28H29BrN4O3. The number of hydrogen-bond donors (Lipinski definition) is 1. The van der Waals surface area contributed by atoms with Crippen molar-refractivity contribution >= 4 is 38.6 Å². The predicted molar refractivity (Wildman–Crippen MR) is 145 cm³/mol. The lowest BCUT2D eigenvalue weighted by atomic mass is 9.91. The van der Waals surface area contributed by atoms with Crippen molar-refractivity contribution in [1.29, 1.82) is 0 Å². The maximum Gasteiger partial charge on any atom is 0.362 e. The first-order chi connectivity index (χ1) is 17.5. The zero-order valence-corrected chi connectivity index (χ0v) is 22.3. The molecule has 0 radical (unpaired) electrons. The standard InChI is InChI=1S/C28H29BrN4O3/c1-4-22-23(18-8-10-20(11-9-18)33-12-14-35-15-13-33)24-25(17(2)3)31-32-27(24)30-26(22)28(34)36-21-7-5-6-19(29)16-21/h5-11,16-17H,4,12-15H2,1-3H3,(H,30,31,32). The van der Waals surface area contributed by atoms with Crippen LogP contribution in [0, 0.1) is 0 Å². The van der Waals surface area contributed by atoms with Crippen LogP contribution in [0.5, 0.6) is 5.75 Å². The van der Waals surface area contributed by atoms with E-state index in [1.807, 2.05) is 19.1 Å². The molecule has 0 saturated carbocycles. The second-order valence-electron chi connectivity index (χ2n) is 9.15. The summed E-state index contributed by atoms with van der Waals surface area (Å²) in [4.78, 5) is 20.4. The quantitative estimate of drug-likeness (QED) is 0.230. The van der Waals surface area contributed by atoms with Gasteiger partial charge in [-0.25, -0.2) is 9.78 Å². The highest BCUT2D eigenvalue weighted by molar-refractivity contribution is 9.10. The van der Waals surface area contributed by atoms with Crippen molar-refractivity contribution in [3.8, 4) is 16.9 Å². The van der Waals surface area contributed by atoms with Gasteiger partial charge in [-0.2, -0.15) is 5.10 Å². The maximum atomic E-state index is 13.4. The van der Waals surface area contributed by atoms with Crippen LogP contribution < -0.4 is 9.64 Å². The van der Waals surface area contributed by atoms with Crippen LogP contribution >= 0.6 is 15.9 Å². The highest BCUT2D eigenvalue weighted by Crippen LogP contribution is 2.38. The average molecular weight is 549 g/mol. The Hall–Kier alpha value is -3.23. The van der Waals surface area contributed by atoms with E-state index in [1.54, 1.807) is 12.1 Å². The SMILES string of the molecule is CCc1c(C(=O)Oc2cccc(Br)c2)nc2n[nH]c(C(C)C)c2c1-c1ccc(N2CCOCC2)cc1. The number of carbonyl (C=O) groups excluding carboxylic acids is 1. The summed E-state index contributed by atoms with van der Waals surface area (Å²) in [5.41, 5.74) is 5.83. The monoisotopic (exact) mass is 548 g/mol. The molecule has 0 spiro atoms. The smallest absolute Gasteiger partial charge is 0.362 e. The Morgan fingerprint density at radius 3 is 2.58 bits per heavy atom. The summed E-state index contributed by atoms with van der Waals surface area (Å²) in [6.45, 7) is 9.53. The van der Waals surface area contributed by atoms with E-state index in [0.29, 0.717) is 23.5 Å². The lowest BCUT2D eigenvalue weighted by Crippen LogP contribution is -2.36. The molecule has 2 aromatic heterocycles. The van der Waals surface area contributed by atoms with E-state index < -0.39 is 5.97 Å². The average Bonchev–Trinajstić information content (AvgIpc) is 3.32. The Labute approximate surface area is 219 Å². The molecule has 3 heterocycles. The van der Waals surface area contributed by atoms with E-state index in [1.165, 1.54) is 0 Å². The van der Waals surface area contributed by atoms with Gasteiger partial charge >= 0.3 is 5.97 Å². The Bertz CT molecular complexity index is 1390. The van der Waals surface area contributed by atoms with E-state index in [4.69, 9.17) is 14.5 Å². The zero-order chi connectivity index (χ0) is 25.2. The van der Waals surface area contributed by atoms with E-state index in [-0.39, 0.29) is 5.92 Å². The second kappa shape index (κ2) is 10.4. The summed E-state index contributed by atoms with van der Waals surface area (Å²) in [5, 5.41) is 8.61. The minimum absolute atomic E-state index is 0.215. The summed E-state index contributed by atoms with van der Waals surface area (Å²) < 4.78 is 12.1. The molecular weight excluding hydrogens is 520 g/mol. The van der Waals surface area contributed by atoms with Gasteiger partial charge in [0.25, 0.3) is 0 Å². The van der Waals surface area contributed by atoms with Gasteiger partial charge in [-0.05, 0) is 53.8 Å². The van der Waals surface area contributed by atoms with Crippen LogP contribution in [0.3, 0.4) is 0 Å². The first-order valence-corrected chi connectivity index (χ1v) is 13.1. The van der Waals surface area contributed by atoms with Gasteiger partial charge in [-0.3, -0.25) is 5.10 Å². The molecule has 1 aliphatic rings. The van der Waals surface area contributed by atoms with Crippen LogP contribution in [0.15, 0.2) is 53.0 Å². The molecule has 186 valence electrons. The molecule has 2 aromatic carbocycles. The van der Waals surface area contributed by atoms with Gasteiger partial charge in [0.05, 0.1) is 18.6 Å². The molecule has 1 fully saturated rings. The van der Waals surface area contributed by atoms with Crippen molar-refractivity contribution in [2.45, 2.75) is 33.1 Å². The lowest BCUT2D eigenvalue weighted by Gasteiger charge is -2.29. The van der Waals surface area contributed by atoms with Gasteiger partial charge in [0.1, 0.15) is 5.75 Å². The Kier molecular flexibility index (Phi) is 7.07. The molecule has 1 N–H and O–H groups in total. The molecule has 1 aliphatic heterocycles. The number of fused-ring (bicyclic) bond motifs is 1. The second-order valence-corrected chi connectivity index (χ2v) is 10.1. The van der Waals surface area contributed by atoms with E-state index >= 15 is 0 Å². The third-order valence-electron chi connectivity index (χ3n) is 6.49.